The predicted octanol–water partition coefficient (Wildman–Crippen LogP) is 2.75. The highest BCUT2D eigenvalue weighted by Crippen LogP contribution is 2.27. The highest BCUT2D eigenvalue weighted by atomic mass is 16.6. The molecule has 2 aromatic carbocycles. The zero-order chi connectivity index (χ0) is 37.2. The first-order valence-corrected chi connectivity index (χ1v) is 16.6. The Hall–Kier alpha value is -5.23. The van der Waals surface area contributed by atoms with Gasteiger partial charge in [-0.15, -0.1) is 0 Å². The van der Waals surface area contributed by atoms with Gasteiger partial charge in [0.2, 0.25) is 5.91 Å². The molecule has 0 saturated heterocycles. The molecule has 0 spiro atoms. The van der Waals surface area contributed by atoms with Gasteiger partial charge in [0, 0.05) is 57.8 Å². The first-order chi connectivity index (χ1) is 23.7. The van der Waals surface area contributed by atoms with E-state index in [4.69, 9.17) is 0 Å². The number of hydrogen-bond donors (Lipinski definition) is 4. The van der Waals surface area contributed by atoms with Crippen molar-refractivity contribution in [2.45, 2.75) is 73.1 Å². The SMILES string of the molecule is CC(=O)NCCNC(=O)c1ccc(CC2=C(C)C(=O)CC2)cc1.CC(=O)OC(C)=O.CC1=C(Cc2ccc(C(=O)NCC[NH3+])cc2)CCC1=O. The molecular formula is C38H49N4O8+. The Morgan fingerprint density at radius 1 is 0.600 bits per heavy atom. The van der Waals surface area contributed by atoms with Crippen LogP contribution < -0.4 is 21.7 Å². The minimum atomic E-state index is -0.562. The average Bonchev–Trinajstić information content (AvgIpc) is 3.56. The largest absolute Gasteiger partial charge is 0.394 e. The Bertz CT molecular complexity index is 1610. The second-order valence-corrected chi connectivity index (χ2v) is 12.0. The molecule has 0 bridgehead atoms. The molecule has 0 atom stereocenters. The predicted molar refractivity (Wildman–Crippen MR) is 188 cm³/mol. The summed E-state index contributed by atoms with van der Waals surface area (Å²) in [7, 11) is 0. The molecule has 2 aliphatic rings. The Labute approximate surface area is 293 Å². The van der Waals surface area contributed by atoms with Crippen molar-refractivity contribution in [1.82, 2.24) is 16.0 Å². The Morgan fingerprint density at radius 3 is 1.28 bits per heavy atom. The number of ether oxygens (including phenoxy) is 1. The van der Waals surface area contributed by atoms with Gasteiger partial charge >= 0.3 is 11.9 Å². The van der Waals surface area contributed by atoms with E-state index in [0.29, 0.717) is 50.1 Å². The molecule has 0 radical (unpaired) electrons. The molecule has 2 aliphatic carbocycles. The molecule has 0 heterocycles. The summed E-state index contributed by atoms with van der Waals surface area (Å²) >= 11 is 0. The maximum Gasteiger partial charge on any atom is 0.310 e. The summed E-state index contributed by atoms with van der Waals surface area (Å²) in [6.07, 6.45) is 4.55. The molecule has 2 aromatic rings. The fourth-order valence-electron chi connectivity index (χ4n) is 5.18. The van der Waals surface area contributed by atoms with Crippen LogP contribution in [0.5, 0.6) is 0 Å². The van der Waals surface area contributed by atoms with Gasteiger partial charge in [-0.05, 0) is 86.1 Å². The van der Waals surface area contributed by atoms with Gasteiger partial charge in [-0.25, -0.2) is 0 Å². The van der Waals surface area contributed by atoms with Crippen LogP contribution in [0, 0.1) is 0 Å². The minimum Gasteiger partial charge on any atom is -0.394 e. The maximum absolute atomic E-state index is 12.0. The van der Waals surface area contributed by atoms with E-state index in [1.807, 2.05) is 50.2 Å². The van der Waals surface area contributed by atoms with Crippen molar-refractivity contribution >= 4 is 41.2 Å². The number of hydrogen-bond acceptors (Lipinski definition) is 8. The van der Waals surface area contributed by atoms with E-state index in [-0.39, 0.29) is 29.3 Å². The molecule has 0 saturated carbocycles. The van der Waals surface area contributed by atoms with Gasteiger partial charge < -0.3 is 26.4 Å². The summed E-state index contributed by atoms with van der Waals surface area (Å²) in [5.41, 5.74) is 11.4. The van der Waals surface area contributed by atoms with Gasteiger partial charge in [0.05, 0.1) is 13.1 Å². The normalized spacial score (nSPS) is 13.5. The fraction of sp³-hybridized carbons (Fsp3) is 0.395. The summed E-state index contributed by atoms with van der Waals surface area (Å²) in [6, 6.07) is 15.0. The number of carbonyl (C=O) groups excluding carboxylic acids is 7. The van der Waals surface area contributed by atoms with Crippen molar-refractivity contribution < 1.29 is 44.0 Å². The lowest BCUT2D eigenvalue weighted by Crippen LogP contribution is -2.54. The summed E-state index contributed by atoms with van der Waals surface area (Å²) in [4.78, 5) is 77.1. The van der Waals surface area contributed by atoms with Gasteiger partial charge in [0.25, 0.3) is 11.8 Å². The quantitative estimate of drug-likeness (QED) is 0.157. The average molecular weight is 690 g/mol. The second kappa shape index (κ2) is 21.0. The smallest absolute Gasteiger partial charge is 0.310 e. The van der Waals surface area contributed by atoms with Gasteiger partial charge in [-0.1, -0.05) is 35.4 Å². The molecule has 0 fully saturated rings. The van der Waals surface area contributed by atoms with Crippen molar-refractivity contribution in [3.8, 4) is 0 Å². The van der Waals surface area contributed by atoms with Crippen molar-refractivity contribution in [1.29, 1.82) is 0 Å². The van der Waals surface area contributed by atoms with Gasteiger partial charge in [-0.3, -0.25) is 33.6 Å². The van der Waals surface area contributed by atoms with Crippen molar-refractivity contribution in [2.24, 2.45) is 0 Å². The molecule has 0 unspecified atom stereocenters. The van der Waals surface area contributed by atoms with Crippen molar-refractivity contribution in [3.63, 3.8) is 0 Å². The van der Waals surface area contributed by atoms with E-state index in [9.17, 15) is 33.6 Å². The monoisotopic (exact) mass is 689 g/mol. The number of benzene rings is 2. The number of Topliss-reactive ketones (excluding diaryl/α,β-unsaturated/α-hetero) is 2. The molecule has 4 rings (SSSR count). The summed E-state index contributed by atoms with van der Waals surface area (Å²) in [5, 5.41) is 8.17. The van der Waals surface area contributed by atoms with Gasteiger partial charge in [-0.2, -0.15) is 0 Å². The number of amides is 3. The summed E-state index contributed by atoms with van der Waals surface area (Å²) in [5.74, 6) is -0.946. The number of carbonyl (C=O) groups is 7. The van der Waals surface area contributed by atoms with Crippen molar-refractivity contribution in [3.05, 3.63) is 93.1 Å². The molecule has 0 aliphatic heterocycles. The first kappa shape index (κ1) is 40.9. The lowest BCUT2D eigenvalue weighted by atomic mass is 10.0. The summed E-state index contributed by atoms with van der Waals surface area (Å²) in [6.45, 7) is 9.69. The second-order valence-electron chi connectivity index (χ2n) is 12.0. The number of esters is 2. The van der Waals surface area contributed by atoms with E-state index in [1.54, 1.807) is 12.1 Å². The van der Waals surface area contributed by atoms with Crippen LogP contribution in [0.1, 0.15) is 92.1 Å². The lowest BCUT2D eigenvalue weighted by Gasteiger charge is -2.07. The van der Waals surface area contributed by atoms with E-state index in [1.165, 1.54) is 31.9 Å². The fourth-order valence-corrected chi connectivity index (χ4v) is 5.18. The lowest BCUT2D eigenvalue weighted by molar-refractivity contribution is -0.364. The zero-order valence-electron chi connectivity index (χ0n) is 29.7. The van der Waals surface area contributed by atoms with Crippen LogP contribution in [-0.4, -0.2) is 67.4 Å². The summed E-state index contributed by atoms with van der Waals surface area (Å²) < 4.78 is 3.97. The number of nitrogens with one attached hydrogen (secondary N) is 3. The molecule has 12 nitrogen and oxygen atoms in total. The van der Waals surface area contributed by atoms with E-state index < -0.39 is 11.9 Å². The molecule has 3 amide bonds. The van der Waals surface area contributed by atoms with E-state index >= 15 is 0 Å². The van der Waals surface area contributed by atoms with Crippen molar-refractivity contribution in [2.75, 3.05) is 26.2 Å². The van der Waals surface area contributed by atoms with Gasteiger partial charge in [0.1, 0.15) is 0 Å². The number of ketones is 2. The Morgan fingerprint density at radius 2 is 0.980 bits per heavy atom. The van der Waals surface area contributed by atoms with Crippen LogP contribution >= 0.6 is 0 Å². The molecular weight excluding hydrogens is 640 g/mol. The molecule has 268 valence electrons. The van der Waals surface area contributed by atoms with Crippen LogP contribution in [-0.2, 0) is 41.6 Å². The molecule has 12 heteroatoms. The van der Waals surface area contributed by atoms with Crippen LogP contribution in [0.15, 0.2) is 70.8 Å². The van der Waals surface area contributed by atoms with E-state index in [0.717, 1.165) is 48.0 Å². The number of rotatable bonds is 11. The molecule has 0 aromatic heterocycles. The van der Waals surface area contributed by atoms with Crippen LogP contribution in [0.4, 0.5) is 0 Å². The highest BCUT2D eigenvalue weighted by molar-refractivity contribution is 5.99. The third-order valence-corrected chi connectivity index (χ3v) is 8.01. The van der Waals surface area contributed by atoms with Gasteiger partial charge in [0.15, 0.2) is 11.6 Å². The van der Waals surface area contributed by atoms with Crippen LogP contribution in [0.2, 0.25) is 0 Å². The molecule has 50 heavy (non-hydrogen) atoms. The zero-order valence-corrected chi connectivity index (χ0v) is 29.7. The standard InChI is InChI=1S/C18H22N2O3.C16H20N2O2.C4H6O3/c1-12-16(7-8-17(12)22)11-14-3-5-15(6-4-14)18(23)20-10-9-19-13(2)21;1-11-14(6-7-15(11)19)10-12-2-4-13(5-3-12)16(20)18-9-8-17;1-3(5)7-4(2)6/h3-6H,7-11H2,1-2H3,(H,19,21)(H,20,23);2-5H,6-10,17H2,1H3,(H,18,20);1-2H3/p+1. The topological polar surface area (TPSA) is 192 Å². The first-order valence-electron chi connectivity index (χ1n) is 16.6. The third kappa shape index (κ3) is 14.5. The minimum absolute atomic E-state index is 0.0633. The van der Waals surface area contributed by atoms with Crippen LogP contribution in [0.3, 0.4) is 0 Å². The maximum atomic E-state index is 12.0. The Balaban J connectivity index is 0.000000294. The van der Waals surface area contributed by atoms with Crippen LogP contribution in [0.25, 0.3) is 0 Å². The molecule has 6 N–H and O–H groups in total. The van der Waals surface area contributed by atoms with E-state index in [2.05, 4.69) is 26.4 Å². The number of allylic oxidation sites excluding steroid dienone is 4. The third-order valence-electron chi connectivity index (χ3n) is 8.01. The number of quaternary nitrogens is 1. The Kier molecular flexibility index (Phi) is 17.2. The highest BCUT2D eigenvalue weighted by Gasteiger charge is 2.20.